The lowest BCUT2D eigenvalue weighted by atomic mass is 10.2. The molecule has 132 valence electrons. The second-order valence-electron chi connectivity index (χ2n) is 6.12. The first-order chi connectivity index (χ1) is 13.2. The molecule has 0 aliphatic carbocycles. The van der Waals surface area contributed by atoms with Gasteiger partial charge in [0.15, 0.2) is 0 Å². The highest BCUT2D eigenvalue weighted by Gasteiger charge is 2.09. The second kappa shape index (κ2) is 7.33. The van der Waals surface area contributed by atoms with Crippen molar-refractivity contribution < 1.29 is 4.39 Å². The molecule has 0 saturated carbocycles. The van der Waals surface area contributed by atoms with Crippen LogP contribution >= 0.6 is 0 Å². The zero-order chi connectivity index (χ0) is 18.6. The van der Waals surface area contributed by atoms with Crippen LogP contribution in [0.1, 0.15) is 17.0 Å². The summed E-state index contributed by atoms with van der Waals surface area (Å²) < 4.78 is 14.8. The number of para-hydroxylation sites is 1. The molecule has 27 heavy (non-hydrogen) atoms. The Morgan fingerprint density at radius 1 is 0.963 bits per heavy atom. The third-order valence-electron chi connectivity index (χ3n) is 4.25. The molecule has 2 heterocycles. The summed E-state index contributed by atoms with van der Waals surface area (Å²) in [5.41, 5.74) is 2.25. The van der Waals surface area contributed by atoms with Crippen molar-refractivity contribution in [1.29, 1.82) is 0 Å². The highest BCUT2D eigenvalue weighted by atomic mass is 19.1. The van der Waals surface area contributed by atoms with Gasteiger partial charge in [-0.2, -0.15) is 0 Å². The fourth-order valence-corrected chi connectivity index (χ4v) is 2.88. The van der Waals surface area contributed by atoms with Gasteiger partial charge in [-0.3, -0.25) is 14.3 Å². The summed E-state index contributed by atoms with van der Waals surface area (Å²) in [6.07, 6.45) is 7.11. The molecule has 0 fully saturated rings. The number of fused-ring (bicyclic) bond motifs is 1. The lowest BCUT2D eigenvalue weighted by Crippen LogP contribution is -2.24. The number of halogens is 1. The molecule has 0 spiro atoms. The molecule has 0 aliphatic rings. The first kappa shape index (κ1) is 16.8. The van der Waals surface area contributed by atoms with E-state index >= 15 is 0 Å². The van der Waals surface area contributed by atoms with Crippen LogP contribution in [0.2, 0.25) is 0 Å². The van der Waals surface area contributed by atoms with E-state index in [0.717, 1.165) is 11.1 Å². The Kier molecular flexibility index (Phi) is 4.58. The fraction of sp³-hybridized carbons (Fsp3) is 0.0455. The summed E-state index contributed by atoms with van der Waals surface area (Å²) in [6, 6.07) is 17.1. The first-order valence-electron chi connectivity index (χ1n) is 8.53. The summed E-state index contributed by atoms with van der Waals surface area (Å²) in [6.45, 7) is 0.309. The number of benzene rings is 2. The van der Waals surface area contributed by atoms with E-state index in [1.807, 2.05) is 36.4 Å². The molecule has 2 aromatic heterocycles. The highest BCUT2D eigenvalue weighted by molar-refractivity contribution is 5.79. The summed E-state index contributed by atoms with van der Waals surface area (Å²) in [7, 11) is 0. The SMILES string of the molecule is O=c1c2ccccc2nc(/C=C/c2cccnc2)n1Cc1ccc(F)cc1. The third-order valence-corrected chi connectivity index (χ3v) is 4.25. The predicted octanol–water partition coefficient (Wildman–Crippen LogP) is 4.15. The number of hydrogen-bond donors (Lipinski definition) is 0. The van der Waals surface area contributed by atoms with Gasteiger partial charge in [0.05, 0.1) is 17.4 Å². The average Bonchev–Trinajstić information content (AvgIpc) is 2.71. The molecule has 0 bridgehead atoms. The van der Waals surface area contributed by atoms with Gasteiger partial charge in [0, 0.05) is 12.4 Å². The largest absolute Gasteiger partial charge is 0.288 e. The fourth-order valence-electron chi connectivity index (χ4n) is 2.88. The molecule has 0 atom stereocenters. The minimum absolute atomic E-state index is 0.129. The maximum atomic E-state index is 13.2. The van der Waals surface area contributed by atoms with Crippen LogP contribution in [0.3, 0.4) is 0 Å². The van der Waals surface area contributed by atoms with Crippen molar-refractivity contribution in [2.45, 2.75) is 6.54 Å². The minimum Gasteiger partial charge on any atom is -0.288 e. The van der Waals surface area contributed by atoms with Crippen LogP contribution in [0.15, 0.2) is 77.9 Å². The second-order valence-corrected chi connectivity index (χ2v) is 6.12. The number of hydrogen-bond acceptors (Lipinski definition) is 3. The van der Waals surface area contributed by atoms with E-state index < -0.39 is 0 Å². The topological polar surface area (TPSA) is 47.8 Å². The Balaban J connectivity index is 1.83. The van der Waals surface area contributed by atoms with Crippen molar-refractivity contribution in [3.05, 3.63) is 106 Å². The smallest absolute Gasteiger partial charge is 0.261 e. The third kappa shape index (κ3) is 3.67. The zero-order valence-electron chi connectivity index (χ0n) is 14.4. The Morgan fingerprint density at radius 3 is 2.56 bits per heavy atom. The molecule has 0 aliphatic heterocycles. The van der Waals surface area contributed by atoms with Gasteiger partial charge in [-0.1, -0.05) is 30.3 Å². The monoisotopic (exact) mass is 357 g/mol. The number of pyridine rings is 1. The maximum Gasteiger partial charge on any atom is 0.261 e. The Bertz CT molecular complexity index is 1170. The molecule has 2 aromatic carbocycles. The van der Waals surface area contributed by atoms with Crippen LogP contribution in [0, 0.1) is 5.82 Å². The van der Waals surface area contributed by atoms with E-state index in [1.54, 1.807) is 41.2 Å². The molecule has 0 amide bonds. The van der Waals surface area contributed by atoms with Crippen molar-refractivity contribution in [2.24, 2.45) is 0 Å². The van der Waals surface area contributed by atoms with E-state index in [1.165, 1.54) is 12.1 Å². The van der Waals surface area contributed by atoms with E-state index in [-0.39, 0.29) is 11.4 Å². The van der Waals surface area contributed by atoms with Crippen LogP contribution in [0.25, 0.3) is 23.1 Å². The predicted molar refractivity (Wildman–Crippen MR) is 105 cm³/mol. The van der Waals surface area contributed by atoms with Crippen molar-refractivity contribution in [1.82, 2.24) is 14.5 Å². The Hall–Kier alpha value is -3.60. The maximum absolute atomic E-state index is 13.2. The minimum atomic E-state index is -0.306. The number of rotatable bonds is 4. The molecule has 0 saturated heterocycles. The van der Waals surface area contributed by atoms with Crippen LogP contribution in [-0.2, 0) is 6.54 Å². The van der Waals surface area contributed by atoms with Crippen LogP contribution in [0.5, 0.6) is 0 Å². The van der Waals surface area contributed by atoms with E-state index in [4.69, 9.17) is 0 Å². The van der Waals surface area contributed by atoms with E-state index in [0.29, 0.717) is 23.3 Å². The van der Waals surface area contributed by atoms with Gasteiger partial charge in [0.25, 0.3) is 5.56 Å². The summed E-state index contributed by atoms with van der Waals surface area (Å²) in [5.74, 6) is 0.228. The van der Waals surface area contributed by atoms with E-state index in [2.05, 4.69) is 9.97 Å². The van der Waals surface area contributed by atoms with Crippen LogP contribution in [0.4, 0.5) is 4.39 Å². The van der Waals surface area contributed by atoms with Crippen molar-refractivity contribution in [2.75, 3.05) is 0 Å². The lowest BCUT2D eigenvalue weighted by Gasteiger charge is -2.11. The van der Waals surface area contributed by atoms with Gasteiger partial charge in [0.2, 0.25) is 0 Å². The molecular weight excluding hydrogens is 341 g/mol. The quantitative estimate of drug-likeness (QED) is 0.551. The summed E-state index contributed by atoms with van der Waals surface area (Å²) in [4.78, 5) is 21.8. The van der Waals surface area contributed by atoms with E-state index in [9.17, 15) is 9.18 Å². The van der Waals surface area contributed by atoms with Gasteiger partial charge in [-0.05, 0) is 53.6 Å². The Morgan fingerprint density at radius 2 is 1.78 bits per heavy atom. The molecule has 0 radical (unpaired) electrons. The van der Waals surface area contributed by atoms with Gasteiger partial charge >= 0.3 is 0 Å². The zero-order valence-corrected chi connectivity index (χ0v) is 14.4. The van der Waals surface area contributed by atoms with Crippen LogP contribution in [-0.4, -0.2) is 14.5 Å². The van der Waals surface area contributed by atoms with Gasteiger partial charge in [-0.25, -0.2) is 9.37 Å². The van der Waals surface area contributed by atoms with Crippen molar-refractivity contribution in [3.63, 3.8) is 0 Å². The van der Waals surface area contributed by atoms with Crippen molar-refractivity contribution >= 4 is 23.1 Å². The molecule has 4 nitrogen and oxygen atoms in total. The molecule has 4 rings (SSSR count). The van der Waals surface area contributed by atoms with Crippen molar-refractivity contribution in [3.8, 4) is 0 Å². The van der Waals surface area contributed by atoms with Gasteiger partial charge in [0.1, 0.15) is 11.6 Å². The molecule has 5 heteroatoms. The Labute approximate surface area is 155 Å². The highest BCUT2D eigenvalue weighted by Crippen LogP contribution is 2.13. The normalized spacial score (nSPS) is 11.3. The van der Waals surface area contributed by atoms with Gasteiger partial charge < -0.3 is 0 Å². The molecular formula is C22H16FN3O. The lowest BCUT2D eigenvalue weighted by molar-refractivity contribution is 0.626. The standard InChI is InChI=1S/C22H16FN3O/c23-18-10-7-17(8-11-18)15-26-21(12-9-16-4-3-13-24-14-16)25-20-6-2-1-5-19(20)22(26)27/h1-14H,15H2/b12-9+. The number of nitrogens with zero attached hydrogens (tertiary/aromatic N) is 3. The van der Waals surface area contributed by atoms with Gasteiger partial charge in [-0.15, -0.1) is 0 Å². The summed E-state index contributed by atoms with van der Waals surface area (Å²) in [5, 5.41) is 0.554. The van der Waals surface area contributed by atoms with Crippen LogP contribution < -0.4 is 5.56 Å². The molecule has 4 aromatic rings. The number of aromatic nitrogens is 3. The molecule has 0 N–H and O–H groups in total. The molecule has 0 unspecified atom stereocenters. The first-order valence-corrected chi connectivity index (χ1v) is 8.53. The summed E-state index contributed by atoms with van der Waals surface area (Å²) >= 11 is 0. The average molecular weight is 357 g/mol.